The van der Waals surface area contributed by atoms with Gasteiger partial charge in [-0.25, -0.2) is 8.42 Å². The minimum Gasteiger partial charge on any atom is -0.506 e. The van der Waals surface area contributed by atoms with Gasteiger partial charge in [-0.2, -0.15) is 4.31 Å². The van der Waals surface area contributed by atoms with E-state index in [2.05, 4.69) is 0 Å². The van der Waals surface area contributed by atoms with E-state index >= 15 is 0 Å². The van der Waals surface area contributed by atoms with Gasteiger partial charge in [0.05, 0.1) is 10.6 Å². The van der Waals surface area contributed by atoms with Crippen molar-refractivity contribution >= 4 is 15.7 Å². The largest absolute Gasteiger partial charge is 0.506 e. The van der Waals surface area contributed by atoms with Crippen LogP contribution in [0, 0.1) is 0 Å². The highest BCUT2D eigenvalue weighted by Crippen LogP contribution is 2.34. The molecule has 19 heavy (non-hydrogen) atoms. The van der Waals surface area contributed by atoms with E-state index < -0.39 is 10.0 Å². The zero-order chi connectivity index (χ0) is 14.2. The number of benzene rings is 1. The van der Waals surface area contributed by atoms with Gasteiger partial charge in [0.1, 0.15) is 5.75 Å². The summed E-state index contributed by atoms with van der Waals surface area (Å²) in [6.07, 6.45) is 2.58. The SMILES string of the molecule is CCC1CCC(C)N1S(=O)(=O)c1ccc(O)c(N)c1. The highest BCUT2D eigenvalue weighted by Gasteiger charge is 2.39. The third-order valence-corrected chi connectivity index (χ3v) is 5.82. The fraction of sp³-hybridized carbons (Fsp3) is 0.538. The molecular formula is C13H20N2O3S. The molecule has 2 atom stereocenters. The van der Waals surface area contributed by atoms with Crippen molar-refractivity contribution in [1.29, 1.82) is 0 Å². The van der Waals surface area contributed by atoms with Gasteiger partial charge < -0.3 is 10.8 Å². The van der Waals surface area contributed by atoms with Crippen LogP contribution in [0.4, 0.5) is 5.69 Å². The van der Waals surface area contributed by atoms with E-state index in [4.69, 9.17) is 5.73 Å². The Labute approximate surface area is 114 Å². The number of nitrogens with zero attached hydrogens (tertiary/aromatic N) is 1. The van der Waals surface area contributed by atoms with Gasteiger partial charge in [-0.3, -0.25) is 0 Å². The van der Waals surface area contributed by atoms with E-state index in [1.54, 1.807) is 4.31 Å². The number of phenolic OH excluding ortho intramolecular Hbond substituents is 1. The minimum absolute atomic E-state index is 0.00461. The molecule has 1 fully saturated rings. The number of aromatic hydroxyl groups is 1. The van der Waals surface area contributed by atoms with Crippen LogP contribution >= 0.6 is 0 Å². The number of rotatable bonds is 3. The van der Waals surface area contributed by atoms with Crippen molar-refractivity contribution in [2.45, 2.75) is 50.1 Å². The van der Waals surface area contributed by atoms with Gasteiger partial charge >= 0.3 is 0 Å². The Kier molecular flexibility index (Phi) is 3.73. The quantitative estimate of drug-likeness (QED) is 0.656. The third-order valence-electron chi connectivity index (χ3n) is 3.76. The second kappa shape index (κ2) is 5.02. The zero-order valence-corrected chi connectivity index (χ0v) is 12.0. The monoisotopic (exact) mass is 284 g/mol. The highest BCUT2D eigenvalue weighted by molar-refractivity contribution is 7.89. The van der Waals surface area contributed by atoms with Crippen LogP contribution in [0.5, 0.6) is 5.75 Å². The zero-order valence-electron chi connectivity index (χ0n) is 11.2. The predicted octanol–water partition coefficient (Wildman–Crippen LogP) is 1.93. The van der Waals surface area contributed by atoms with Gasteiger partial charge in [-0.15, -0.1) is 0 Å². The molecule has 2 rings (SSSR count). The molecule has 1 aliphatic rings. The van der Waals surface area contributed by atoms with Crippen molar-refractivity contribution in [3.63, 3.8) is 0 Å². The minimum atomic E-state index is -3.55. The van der Waals surface area contributed by atoms with E-state index in [1.807, 2.05) is 13.8 Å². The third kappa shape index (κ3) is 2.42. The Morgan fingerprint density at radius 3 is 2.68 bits per heavy atom. The Bertz CT molecular complexity index is 571. The lowest BCUT2D eigenvalue weighted by molar-refractivity contribution is 0.328. The fourth-order valence-electron chi connectivity index (χ4n) is 2.68. The second-order valence-electron chi connectivity index (χ2n) is 5.04. The maximum absolute atomic E-state index is 12.7. The predicted molar refractivity (Wildman–Crippen MR) is 74.3 cm³/mol. The molecule has 1 aromatic rings. The van der Waals surface area contributed by atoms with Crippen molar-refractivity contribution in [2.75, 3.05) is 5.73 Å². The lowest BCUT2D eigenvalue weighted by Gasteiger charge is -2.27. The van der Waals surface area contributed by atoms with E-state index in [0.717, 1.165) is 19.3 Å². The number of hydrogen-bond acceptors (Lipinski definition) is 4. The topological polar surface area (TPSA) is 83.6 Å². The van der Waals surface area contributed by atoms with Crippen molar-refractivity contribution in [1.82, 2.24) is 4.31 Å². The number of phenols is 1. The molecule has 3 N–H and O–H groups in total. The van der Waals surface area contributed by atoms with Crippen LogP contribution < -0.4 is 5.73 Å². The first-order valence-corrected chi connectivity index (χ1v) is 7.94. The number of anilines is 1. The molecule has 0 saturated carbocycles. The molecule has 1 saturated heterocycles. The molecule has 0 bridgehead atoms. The lowest BCUT2D eigenvalue weighted by Crippen LogP contribution is -2.39. The van der Waals surface area contributed by atoms with Crippen molar-refractivity contribution in [2.24, 2.45) is 0 Å². The Morgan fingerprint density at radius 2 is 2.11 bits per heavy atom. The molecule has 0 aromatic heterocycles. The Morgan fingerprint density at radius 1 is 1.42 bits per heavy atom. The first-order valence-electron chi connectivity index (χ1n) is 6.50. The van der Waals surface area contributed by atoms with Gasteiger partial charge in [-0.1, -0.05) is 6.92 Å². The summed E-state index contributed by atoms with van der Waals surface area (Å²) in [7, 11) is -3.55. The lowest BCUT2D eigenvalue weighted by atomic mass is 10.2. The summed E-state index contributed by atoms with van der Waals surface area (Å²) in [5.74, 6) is -0.0968. The summed E-state index contributed by atoms with van der Waals surface area (Å²) in [6, 6.07) is 4.10. The molecule has 5 nitrogen and oxygen atoms in total. The van der Waals surface area contributed by atoms with Gasteiger partial charge in [0, 0.05) is 12.1 Å². The van der Waals surface area contributed by atoms with Crippen molar-refractivity contribution in [3.8, 4) is 5.75 Å². The van der Waals surface area contributed by atoms with Crippen LogP contribution in [0.15, 0.2) is 23.1 Å². The normalized spacial score (nSPS) is 24.7. The van der Waals surface area contributed by atoms with Crippen LogP contribution in [-0.4, -0.2) is 29.9 Å². The molecule has 106 valence electrons. The first kappa shape index (κ1) is 14.1. The molecule has 0 spiro atoms. The molecular weight excluding hydrogens is 264 g/mol. The Hall–Kier alpha value is -1.27. The van der Waals surface area contributed by atoms with E-state index in [1.165, 1.54) is 18.2 Å². The summed E-state index contributed by atoms with van der Waals surface area (Å²) in [4.78, 5) is 0.148. The molecule has 0 radical (unpaired) electrons. The molecule has 0 amide bonds. The van der Waals surface area contributed by atoms with Crippen molar-refractivity contribution in [3.05, 3.63) is 18.2 Å². The van der Waals surface area contributed by atoms with E-state index in [-0.39, 0.29) is 28.4 Å². The fourth-order valence-corrected chi connectivity index (χ4v) is 4.67. The summed E-state index contributed by atoms with van der Waals surface area (Å²) in [5, 5.41) is 9.39. The van der Waals surface area contributed by atoms with Crippen LogP contribution in [-0.2, 0) is 10.0 Å². The van der Waals surface area contributed by atoms with Gasteiger partial charge in [0.25, 0.3) is 0 Å². The molecule has 1 heterocycles. The number of sulfonamides is 1. The molecule has 1 aromatic carbocycles. The number of nitrogen functional groups attached to an aromatic ring is 1. The maximum atomic E-state index is 12.7. The number of nitrogens with two attached hydrogens (primary N) is 1. The maximum Gasteiger partial charge on any atom is 0.243 e. The van der Waals surface area contributed by atoms with E-state index in [9.17, 15) is 13.5 Å². The van der Waals surface area contributed by atoms with Crippen LogP contribution in [0.25, 0.3) is 0 Å². The summed E-state index contributed by atoms with van der Waals surface area (Å²) >= 11 is 0. The standard InChI is InChI=1S/C13H20N2O3S/c1-3-10-5-4-9(2)15(10)19(17,18)11-6-7-13(16)12(14)8-11/h6-10,16H,3-5,14H2,1-2H3. The average Bonchev–Trinajstić information content (AvgIpc) is 2.74. The smallest absolute Gasteiger partial charge is 0.243 e. The molecule has 6 heteroatoms. The highest BCUT2D eigenvalue weighted by atomic mass is 32.2. The summed E-state index contributed by atoms with van der Waals surface area (Å²) in [5.41, 5.74) is 5.67. The summed E-state index contributed by atoms with van der Waals surface area (Å²) < 4.78 is 26.9. The Balaban J connectivity index is 2.43. The number of hydrogen-bond donors (Lipinski definition) is 2. The van der Waals surface area contributed by atoms with Crippen molar-refractivity contribution < 1.29 is 13.5 Å². The second-order valence-corrected chi connectivity index (χ2v) is 6.89. The van der Waals surface area contributed by atoms with Crippen LogP contribution in [0.2, 0.25) is 0 Å². The first-order chi connectivity index (χ1) is 8.87. The van der Waals surface area contributed by atoms with Crippen LogP contribution in [0.3, 0.4) is 0 Å². The van der Waals surface area contributed by atoms with Gasteiger partial charge in [0.15, 0.2) is 0 Å². The average molecular weight is 284 g/mol. The van der Waals surface area contributed by atoms with Crippen LogP contribution in [0.1, 0.15) is 33.1 Å². The molecule has 0 aliphatic carbocycles. The van der Waals surface area contributed by atoms with Gasteiger partial charge in [0.2, 0.25) is 10.0 Å². The van der Waals surface area contributed by atoms with Gasteiger partial charge in [-0.05, 0) is 44.4 Å². The molecule has 1 aliphatic heterocycles. The summed E-state index contributed by atoms with van der Waals surface area (Å²) in [6.45, 7) is 3.92. The van der Waals surface area contributed by atoms with E-state index in [0.29, 0.717) is 0 Å². The molecule has 2 unspecified atom stereocenters.